The molecule has 2 heteroatoms. The highest BCUT2D eigenvalue weighted by Crippen LogP contribution is 2.22. The van der Waals surface area contributed by atoms with E-state index >= 15 is 0 Å². The molecular formula is C17H27NO. The zero-order chi connectivity index (χ0) is 13.5. The number of aryl methyl sites for hydroxylation is 1. The van der Waals surface area contributed by atoms with Gasteiger partial charge in [0.15, 0.2) is 0 Å². The molecule has 0 amide bonds. The lowest BCUT2D eigenvalue weighted by Crippen LogP contribution is -2.27. The molecule has 0 aliphatic carbocycles. The summed E-state index contributed by atoms with van der Waals surface area (Å²) >= 11 is 0. The Bertz CT molecular complexity index is 354. The van der Waals surface area contributed by atoms with Crippen molar-refractivity contribution in [2.24, 2.45) is 5.92 Å². The van der Waals surface area contributed by atoms with Crippen molar-refractivity contribution in [2.45, 2.75) is 45.6 Å². The summed E-state index contributed by atoms with van der Waals surface area (Å²) in [7, 11) is 0. The minimum Gasteiger partial charge on any atom is -0.378 e. The molecule has 0 spiro atoms. The second-order valence-electron chi connectivity index (χ2n) is 5.73. The summed E-state index contributed by atoms with van der Waals surface area (Å²) in [6.45, 7) is 7.44. The van der Waals surface area contributed by atoms with Crippen LogP contribution in [0, 0.1) is 12.8 Å². The number of rotatable bonds is 7. The van der Waals surface area contributed by atoms with E-state index in [-0.39, 0.29) is 0 Å². The van der Waals surface area contributed by atoms with Gasteiger partial charge >= 0.3 is 0 Å². The fourth-order valence-electron chi connectivity index (χ4n) is 2.85. The third kappa shape index (κ3) is 4.96. The third-order valence-electron chi connectivity index (χ3n) is 3.95. The minimum atomic E-state index is 0.495. The van der Waals surface area contributed by atoms with Crippen LogP contribution in [0.25, 0.3) is 0 Å². The Morgan fingerprint density at radius 3 is 2.74 bits per heavy atom. The van der Waals surface area contributed by atoms with E-state index in [0.29, 0.717) is 12.0 Å². The van der Waals surface area contributed by atoms with Crippen LogP contribution < -0.4 is 5.32 Å². The molecule has 2 rings (SSSR count). The van der Waals surface area contributed by atoms with Gasteiger partial charge in [0.05, 0.1) is 6.10 Å². The Morgan fingerprint density at radius 2 is 2.11 bits per heavy atom. The summed E-state index contributed by atoms with van der Waals surface area (Å²) in [4.78, 5) is 0. The summed E-state index contributed by atoms with van der Waals surface area (Å²) < 4.78 is 5.79. The zero-order valence-electron chi connectivity index (χ0n) is 12.3. The monoisotopic (exact) mass is 261 g/mol. The molecule has 0 saturated carbocycles. The van der Waals surface area contributed by atoms with Gasteiger partial charge in [0.1, 0.15) is 0 Å². The van der Waals surface area contributed by atoms with Crippen LogP contribution in [-0.4, -0.2) is 25.8 Å². The Balaban J connectivity index is 1.89. The molecule has 0 bridgehead atoms. The fraction of sp³-hybridized carbons (Fsp3) is 0.647. The molecule has 1 N–H and O–H groups in total. The molecule has 0 aromatic heterocycles. The molecule has 1 aliphatic heterocycles. The highest BCUT2D eigenvalue weighted by atomic mass is 16.5. The molecule has 1 heterocycles. The van der Waals surface area contributed by atoms with Crippen LogP contribution in [0.15, 0.2) is 24.3 Å². The van der Waals surface area contributed by atoms with Gasteiger partial charge in [-0.15, -0.1) is 0 Å². The van der Waals surface area contributed by atoms with Gasteiger partial charge in [-0.2, -0.15) is 0 Å². The summed E-state index contributed by atoms with van der Waals surface area (Å²) in [6.07, 6.45) is 5.34. The van der Waals surface area contributed by atoms with Crippen LogP contribution in [-0.2, 0) is 11.2 Å². The van der Waals surface area contributed by atoms with Crippen LogP contribution in [0.4, 0.5) is 0 Å². The van der Waals surface area contributed by atoms with E-state index in [1.807, 2.05) is 0 Å². The van der Waals surface area contributed by atoms with Gasteiger partial charge in [-0.3, -0.25) is 0 Å². The van der Waals surface area contributed by atoms with Crippen molar-refractivity contribution in [1.82, 2.24) is 5.32 Å². The van der Waals surface area contributed by atoms with Crippen LogP contribution in [0.5, 0.6) is 0 Å². The highest BCUT2D eigenvalue weighted by Gasteiger charge is 2.20. The molecule has 2 atom stereocenters. The summed E-state index contributed by atoms with van der Waals surface area (Å²) in [5.74, 6) is 0.686. The SMILES string of the molecule is CCNCC(Cc1ccc(C)cc1)CC1CCCO1. The molecule has 1 saturated heterocycles. The smallest absolute Gasteiger partial charge is 0.0579 e. The van der Waals surface area contributed by atoms with E-state index in [9.17, 15) is 0 Å². The first-order valence-corrected chi connectivity index (χ1v) is 7.65. The van der Waals surface area contributed by atoms with Gasteiger partial charge in [0.2, 0.25) is 0 Å². The lowest BCUT2D eigenvalue weighted by atomic mass is 9.92. The van der Waals surface area contributed by atoms with Crippen LogP contribution in [0.3, 0.4) is 0 Å². The van der Waals surface area contributed by atoms with E-state index in [2.05, 4.69) is 43.4 Å². The number of ether oxygens (including phenoxy) is 1. The standard InChI is InChI=1S/C17H27NO/c1-3-18-13-16(12-17-5-4-10-19-17)11-15-8-6-14(2)7-9-15/h6-9,16-18H,3-5,10-13H2,1-2H3. The molecule has 2 unspecified atom stereocenters. The molecular weight excluding hydrogens is 234 g/mol. The van der Waals surface area contributed by atoms with Crippen molar-refractivity contribution >= 4 is 0 Å². The summed E-state index contributed by atoms with van der Waals surface area (Å²) in [5.41, 5.74) is 2.79. The normalized spacial score (nSPS) is 20.6. The summed E-state index contributed by atoms with van der Waals surface area (Å²) in [5, 5.41) is 3.50. The molecule has 106 valence electrons. The number of nitrogens with one attached hydrogen (secondary N) is 1. The number of hydrogen-bond donors (Lipinski definition) is 1. The van der Waals surface area contributed by atoms with Crippen molar-refractivity contribution in [3.05, 3.63) is 35.4 Å². The van der Waals surface area contributed by atoms with Crippen LogP contribution in [0.2, 0.25) is 0 Å². The largest absolute Gasteiger partial charge is 0.378 e. The van der Waals surface area contributed by atoms with E-state index in [1.165, 1.54) is 30.4 Å². The maximum Gasteiger partial charge on any atom is 0.0579 e. The Labute approximate surface area is 117 Å². The topological polar surface area (TPSA) is 21.3 Å². The van der Waals surface area contributed by atoms with Crippen molar-refractivity contribution in [3.63, 3.8) is 0 Å². The average molecular weight is 261 g/mol. The maximum absolute atomic E-state index is 5.79. The predicted molar refractivity (Wildman–Crippen MR) is 80.5 cm³/mol. The maximum atomic E-state index is 5.79. The first kappa shape index (κ1) is 14.5. The number of hydrogen-bond acceptors (Lipinski definition) is 2. The Morgan fingerprint density at radius 1 is 1.32 bits per heavy atom. The Hall–Kier alpha value is -0.860. The van der Waals surface area contributed by atoms with Gasteiger partial charge < -0.3 is 10.1 Å². The van der Waals surface area contributed by atoms with Gasteiger partial charge in [-0.05, 0) is 57.2 Å². The van der Waals surface area contributed by atoms with Crippen LogP contribution >= 0.6 is 0 Å². The van der Waals surface area contributed by atoms with E-state index in [1.54, 1.807) is 0 Å². The molecule has 1 aromatic carbocycles. The van der Waals surface area contributed by atoms with Gasteiger partial charge in [-0.25, -0.2) is 0 Å². The second-order valence-corrected chi connectivity index (χ2v) is 5.73. The number of benzene rings is 1. The lowest BCUT2D eigenvalue weighted by Gasteiger charge is -2.21. The van der Waals surface area contributed by atoms with Gasteiger partial charge in [0.25, 0.3) is 0 Å². The van der Waals surface area contributed by atoms with Gasteiger partial charge in [-0.1, -0.05) is 36.8 Å². The lowest BCUT2D eigenvalue weighted by molar-refractivity contribution is 0.0893. The molecule has 19 heavy (non-hydrogen) atoms. The zero-order valence-corrected chi connectivity index (χ0v) is 12.3. The van der Waals surface area contributed by atoms with Crippen molar-refractivity contribution in [3.8, 4) is 0 Å². The van der Waals surface area contributed by atoms with Crippen molar-refractivity contribution in [1.29, 1.82) is 0 Å². The molecule has 1 aliphatic rings. The second kappa shape index (κ2) is 7.66. The molecule has 1 fully saturated rings. The first-order valence-electron chi connectivity index (χ1n) is 7.65. The molecule has 0 radical (unpaired) electrons. The Kier molecular flexibility index (Phi) is 5.87. The highest BCUT2D eigenvalue weighted by molar-refractivity contribution is 5.21. The first-order chi connectivity index (χ1) is 9.28. The minimum absolute atomic E-state index is 0.495. The van der Waals surface area contributed by atoms with Crippen LogP contribution in [0.1, 0.15) is 37.3 Å². The predicted octanol–water partition coefficient (Wildman–Crippen LogP) is 3.33. The van der Waals surface area contributed by atoms with Crippen molar-refractivity contribution in [2.75, 3.05) is 19.7 Å². The summed E-state index contributed by atoms with van der Waals surface area (Å²) in [6, 6.07) is 8.96. The quantitative estimate of drug-likeness (QED) is 0.813. The van der Waals surface area contributed by atoms with Gasteiger partial charge in [0, 0.05) is 6.61 Å². The molecule has 1 aromatic rings. The molecule has 2 nitrogen and oxygen atoms in total. The average Bonchev–Trinajstić information content (AvgIpc) is 2.91. The van der Waals surface area contributed by atoms with E-state index in [0.717, 1.165) is 26.1 Å². The van der Waals surface area contributed by atoms with Crippen molar-refractivity contribution < 1.29 is 4.74 Å². The fourth-order valence-corrected chi connectivity index (χ4v) is 2.85. The van der Waals surface area contributed by atoms with E-state index in [4.69, 9.17) is 4.74 Å². The third-order valence-corrected chi connectivity index (χ3v) is 3.95. The van der Waals surface area contributed by atoms with E-state index < -0.39 is 0 Å².